The summed E-state index contributed by atoms with van der Waals surface area (Å²) in [5.74, 6) is 0. The summed E-state index contributed by atoms with van der Waals surface area (Å²) >= 11 is 0. The van der Waals surface area contributed by atoms with Crippen molar-refractivity contribution in [2.45, 2.75) is 37.9 Å². The summed E-state index contributed by atoms with van der Waals surface area (Å²) in [6, 6.07) is 1.54. The largest absolute Gasteiger partial charge is 0.416 e. The van der Waals surface area contributed by atoms with Crippen LogP contribution in [0.1, 0.15) is 29.5 Å². The van der Waals surface area contributed by atoms with Crippen LogP contribution in [0.25, 0.3) is 0 Å². The molecule has 1 fully saturated rings. The number of alkyl halides is 6. The maximum absolute atomic E-state index is 12.8. The van der Waals surface area contributed by atoms with Gasteiger partial charge in [-0.25, -0.2) is 0 Å². The number of benzene rings is 1. The lowest BCUT2D eigenvalue weighted by molar-refractivity contribution is -0.143. The van der Waals surface area contributed by atoms with Crippen LogP contribution in [0.5, 0.6) is 0 Å². The Labute approximate surface area is 130 Å². The SMILES string of the molecule is CN1CCCC(OCc2cc(C(F)(F)F)cc(C(F)(F)F)c2)C1. The molecule has 0 saturated carbocycles. The molecule has 1 aromatic carbocycles. The molecule has 0 bridgehead atoms. The van der Waals surface area contributed by atoms with Gasteiger partial charge in [0.15, 0.2) is 0 Å². The molecule has 1 saturated heterocycles. The summed E-state index contributed by atoms with van der Waals surface area (Å²) in [5, 5.41) is 0. The van der Waals surface area contributed by atoms with Gasteiger partial charge >= 0.3 is 12.4 Å². The highest BCUT2D eigenvalue weighted by atomic mass is 19.4. The van der Waals surface area contributed by atoms with E-state index in [0.717, 1.165) is 19.4 Å². The van der Waals surface area contributed by atoms with Gasteiger partial charge in [0.25, 0.3) is 0 Å². The Morgan fingerprint density at radius 1 is 1.04 bits per heavy atom. The Morgan fingerprint density at radius 2 is 1.61 bits per heavy atom. The van der Waals surface area contributed by atoms with Crippen molar-refractivity contribution < 1.29 is 31.1 Å². The predicted molar refractivity (Wildman–Crippen MR) is 71.8 cm³/mol. The predicted octanol–water partition coefficient (Wildman–Crippen LogP) is 4.34. The molecule has 1 aliphatic heterocycles. The van der Waals surface area contributed by atoms with Gasteiger partial charge in [-0.2, -0.15) is 26.3 Å². The summed E-state index contributed by atoms with van der Waals surface area (Å²) in [6.45, 7) is 1.25. The highest BCUT2D eigenvalue weighted by Crippen LogP contribution is 2.36. The number of piperidine rings is 1. The second kappa shape index (κ2) is 6.68. The van der Waals surface area contributed by atoms with E-state index in [1.165, 1.54) is 0 Å². The van der Waals surface area contributed by atoms with Crippen molar-refractivity contribution in [3.63, 3.8) is 0 Å². The first-order valence-corrected chi connectivity index (χ1v) is 7.14. The number of halogens is 6. The third-order valence-electron chi connectivity index (χ3n) is 3.71. The van der Waals surface area contributed by atoms with Crippen LogP contribution >= 0.6 is 0 Å². The number of hydrogen-bond donors (Lipinski definition) is 0. The van der Waals surface area contributed by atoms with Crippen LogP contribution in [0, 0.1) is 0 Å². The van der Waals surface area contributed by atoms with Gasteiger partial charge in [0.05, 0.1) is 23.8 Å². The van der Waals surface area contributed by atoms with Crippen LogP contribution in [0.3, 0.4) is 0 Å². The maximum Gasteiger partial charge on any atom is 0.416 e. The van der Waals surface area contributed by atoms with Crippen LogP contribution in [0.2, 0.25) is 0 Å². The molecule has 0 radical (unpaired) electrons. The molecule has 8 heteroatoms. The number of ether oxygens (including phenoxy) is 1. The molecule has 0 aliphatic carbocycles. The average molecular weight is 341 g/mol. The van der Waals surface area contributed by atoms with Crippen molar-refractivity contribution in [2.24, 2.45) is 0 Å². The van der Waals surface area contributed by atoms with Crippen LogP contribution in [0.15, 0.2) is 18.2 Å². The zero-order valence-corrected chi connectivity index (χ0v) is 12.5. The Morgan fingerprint density at radius 3 is 2.09 bits per heavy atom. The minimum Gasteiger partial charge on any atom is -0.372 e. The lowest BCUT2D eigenvalue weighted by atomic mass is 10.0. The van der Waals surface area contributed by atoms with E-state index >= 15 is 0 Å². The molecule has 1 atom stereocenters. The summed E-state index contributed by atoms with van der Waals surface area (Å²) < 4.78 is 82.1. The lowest BCUT2D eigenvalue weighted by Gasteiger charge is -2.29. The number of likely N-dealkylation sites (N-methyl/N-ethyl adjacent to an activating group) is 1. The fourth-order valence-electron chi connectivity index (χ4n) is 2.57. The first kappa shape index (κ1) is 18.1. The van der Waals surface area contributed by atoms with Crippen molar-refractivity contribution in [1.29, 1.82) is 0 Å². The molecular weight excluding hydrogens is 324 g/mol. The van der Waals surface area contributed by atoms with Crippen LogP contribution in [-0.4, -0.2) is 31.1 Å². The van der Waals surface area contributed by atoms with Gasteiger partial charge < -0.3 is 9.64 Å². The van der Waals surface area contributed by atoms with Gasteiger partial charge in [-0.05, 0) is 50.2 Å². The summed E-state index contributed by atoms with van der Waals surface area (Å²) in [4.78, 5) is 2.02. The number of nitrogens with zero attached hydrogens (tertiary/aromatic N) is 1. The van der Waals surface area contributed by atoms with E-state index in [1.807, 2.05) is 11.9 Å². The highest BCUT2D eigenvalue weighted by molar-refractivity contribution is 5.33. The highest BCUT2D eigenvalue weighted by Gasteiger charge is 2.36. The number of rotatable bonds is 3. The van der Waals surface area contributed by atoms with E-state index in [-0.39, 0.29) is 24.3 Å². The van der Waals surface area contributed by atoms with E-state index in [9.17, 15) is 26.3 Å². The van der Waals surface area contributed by atoms with E-state index < -0.39 is 23.5 Å². The van der Waals surface area contributed by atoms with Crippen molar-refractivity contribution in [1.82, 2.24) is 4.90 Å². The fraction of sp³-hybridized carbons (Fsp3) is 0.600. The molecule has 0 amide bonds. The zero-order chi connectivity index (χ0) is 17.3. The Kier molecular flexibility index (Phi) is 5.25. The minimum atomic E-state index is -4.83. The van der Waals surface area contributed by atoms with Gasteiger partial charge in [-0.3, -0.25) is 0 Å². The number of likely N-dealkylation sites (tertiary alicyclic amines) is 1. The third-order valence-corrected chi connectivity index (χ3v) is 3.71. The number of hydrogen-bond acceptors (Lipinski definition) is 2. The summed E-state index contributed by atoms with van der Waals surface area (Å²) in [6.07, 6.45) is -8.22. The molecule has 1 unspecified atom stereocenters. The molecular formula is C15H17F6NO. The van der Waals surface area contributed by atoms with Crippen molar-refractivity contribution in [3.8, 4) is 0 Å². The zero-order valence-electron chi connectivity index (χ0n) is 12.5. The molecule has 1 heterocycles. The van der Waals surface area contributed by atoms with Crippen LogP contribution in [-0.2, 0) is 23.7 Å². The third kappa shape index (κ3) is 5.10. The fourth-order valence-corrected chi connectivity index (χ4v) is 2.57. The van der Waals surface area contributed by atoms with Crippen LogP contribution < -0.4 is 0 Å². The molecule has 0 N–H and O–H groups in total. The molecule has 2 nitrogen and oxygen atoms in total. The quantitative estimate of drug-likeness (QED) is 0.759. The molecule has 130 valence electrons. The molecule has 1 aliphatic rings. The molecule has 23 heavy (non-hydrogen) atoms. The van der Waals surface area contributed by atoms with E-state index in [2.05, 4.69) is 0 Å². The Hall–Kier alpha value is -1.28. The second-order valence-electron chi connectivity index (χ2n) is 5.75. The van der Waals surface area contributed by atoms with Gasteiger partial charge in [0, 0.05) is 6.54 Å². The van der Waals surface area contributed by atoms with Gasteiger partial charge in [0.2, 0.25) is 0 Å². The van der Waals surface area contributed by atoms with Crippen LogP contribution in [0.4, 0.5) is 26.3 Å². The van der Waals surface area contributed by atoms with Gasteiger partial charge in [-0.1, -0.05) is 0 Å². The molecule has 2 rings (SSSR count). The first-order valence-electron chi connectivity index (χ1n) is 7.14. The molecule has 0 spiro atoms. The smallest absolute Gasteiger partial charge is 0.372 e. The van der Waals surface area contributed by atoms with Crippen molar-refractivity contribution in [2.75, 3.05) is 20.1 Å². The second-order valence-corrected chi connectivity index (χ2v) is 5.75. The van der Waals surface area contributed by atoms with E-state index in [0.29, 0.717) is 18.7 Å². The average Bonchev–Trinajstić information content (AvgIpc) is 2.43. The van der Waals surface area contributed by atoms with Gasteiger partial charge in [-0.15, -0.1) is 0 Å². The Balaban J connectivity index is 2.17. The monoisotopic (exact) mass is 341 g/mol. The van der Waals surface area contributed by atoms with Crippen molar-refractivity contribution >= 4 is 0 Å². The maximum atomic E-state index is 12.8. The Bertz CT molecular complexity index is 507. The first-order chi connectivity index (χ1) is 10.6. The normalized spacial score (nSPS) is 20.7. The summed E-state index contributed by atoms with van der Waals surface area (Å²) in [7, 11) is 1.89. The topological polar surface area (TPSA) is 12.5 Å². The van der Waals surface area contributed by atoms with Crippen molar-refractivity contribution in [3.05, 3.63) is 34.9 Å². The molecule has 1 aromatic rings. The van der Waals surface area contributed by atoms with Gasteiger partial charge in [0.1, 0.15) is 0 Å². The standard InChI is InChI=1S/C15H17F6NO/c1-22-4-2-3-13(8-22)23-9-10-5-11(14(16,17)18)7-12(6-10)15(19,20)21/h5-7,13H,2-4,8-9H2,1H3. The molecule has 0 aromatic heterocycles. The lowest BCUT2D eigenvalue weighted by Crippen LogP contribution is -2.36. The van der Waals surface area contributed by atoms with E-state index in [1.54, 1.807) is 0 Å². The summed E-state index contributed by atoms with van der Waals surface area (Å²) in [5.41, 5.74) is -2.75. The minimum absolute atomic E-state index is 0.123. The van der Waals surface area contributed by atoms with E-state index in [4.69, 9.17) is 4.74 Å².